The van der Waals surface area contributed by atoms with E-state index in [1.807, 2.05) is 6.20 Å². The van der Waals surface area contributed by atoms with E-state index < -0.39 is 0 Å². The Hall–Kier alpha value is -1.09. The molecule has 1 unspecified atom stereocenters. The third kappa shape index (κ3) is 2.19. The average Bonchev–Trinajstić information content (AvgIpc) is 3.10. The molecular weight excluding hydrogens is 198 g/mol. The molecule has 1 aliphatic carbocycles. The van der Waals surface area contributed by atoms with Crippen LogP contribution in [0.25, 0.3) is 0 Å². The van der Waals surface area contributed by atoms with Crippen molar-refractivity contribution in [3.8, 4) is 0 Å². The Morgan fingerprint density at radius 3 is 2.75 bits per heavy atom. The van der Waals surface area contributed by atoms with Gasteiger partial charge in [-0.2, -0.15) is 0 Å². The van der Waals surface area contributed by atoms with Crippen molar-refractivity contribution in [2.24, 2.45) is 11.7 Å². The maximum absolute atomic E-state index is 5.61. The predicted octanol–water partition coefficient (Wildman–Crippen LogP) is 2.08. The van der Waals surface area contributed by atoms with Gasteiger partial charge >= 0.3 is 0 Å². The molecule has 0 aromatic carbocycles. The summed E-state index contributed by atoms with van der Waals surface area (Å²) in [6.45, 7) is 4.96. The molecule has 3 nitrogen and oxygen atoms in total. The normalized spacial score (nSPS) is 17.2. The number of nitrogens with two attached hydrogens (primary N) is 1. The van der Waals surface area contributed by atoms with Crippen LogP contribution in [0.15, 0.2) is 12.3 Å². The van der Waals surface area contributed by atoms with Crippen molar-refractivity contribution in [3.63, 3.8) is 0 Å². The molecule has 2 N–H and O–H groups in total. The summed E-state index contributed by atoms with van der Waals surface area (Å²) in [4.78, 5) is 6.83. The predicted molar refractivity (Wildman–Crippen MR) is 67.5 cm³/mol. The fraction of sp³-hybridized carbons (Fsp3) is 0.615. The quantitative estimate of drug-likeness (QED) is 0.843. The highest BCUT2D eigenvalue weighted by molar-refractivity contribution is 5.47. The summed E-state index contributed by atoms with van der Waals surface area (Å²) in [5.41, 5.74) is 7.93. The van der Waals surface area contributed by atoms with Crippen LogP contribution in [0.2, 0.25) is 0 Å². The van der Waals surface area contributed by atoms with Crippen molar-refractivity contribution >= 4 is 5.82 Å². The topological polar surface area (TPSA) is 42.1 Å². The van der Waals surface area contributed by atoms with Gasteiger partial charge in [-0.05, 0) is 49.8 Å². The van der Waals surface area contributed by atoms with E-state index >= 15 is 0 Å². The van der Waals surface area contributed by atoms with E-state index in [0.717, 1.165) is 17.3 Å². The summed E-state index contributed by atoms with van der Waals surface area (Å²) in [7, 11) is 2.14. The number of aromatic nitrogens is 1. The van der Waals surface area contributed by atoms with Crippen molar-refractivity contribution < 1.29 is 0 Å². The second-order valence-corrected chi connectivity index (χ2v) is 4.88. The van der Waals surface area contributed by atoms with E-state index in [4.69, 9.17) is 5.73 Å². The van der Waals surface area contributed by atoms with Gasteiger partial charge in [0.15, 0.2) is 0 Å². The van der Waals surface area contributed by atoms with Crippen LogP contribution in [-0.4, -0.2) is 18.1 Å². The summed E-state index contributed by atoms with van der Waals surface area (Å²) in [5, 5.41) is 0. The number of rotatable bonds is 4. The van der Waals surface area contributed by atoms with Gasteiger partial charge in [0.1, 0.15) is 5.82 Å². The first kappa shape index (κ1) is 11.4. The molecule has 0 amide bonds. The average molecular weight is 219 g/mol. The molecular formula is C13H21N3. The van der Waals surface area contributed by atoms with Gasteiger partial charge in [-0.3, -0.25) is 0 Å². The smallest absolute Gasteiger partial charge is 0.131 e. The van der Waals surface area contributed by atoms with Crippen molar-refractivity contribution in [2.45, 2.75) is 39.3 Å². The van der Waals surface area contributed by atoms with Crippen molar-refractivity contribution in [1.29, 1.82) is 0 Å². The first-order valence-corrected chi connectivity index (χ1v) is 6.02. The Morgan fingerprint density at radius 2 is 2.25 bits per heavy atom. The monoisotopic (exact) mass is 219 g/mol. The third-order valence-electron chi connectivity index (χ3n) is 3.59. The number of anilines is 1. The molecule has 1 heterocycles. The van der Waals surface area contributed by atoms with Crippen LogP contribution >= 0.6 is 0 Å². The summed E-state index contributed by atoms with van der Waals surface area (Å²) >= 11 is 0. The molecule has 0 radical (unpaired) electrons. The highest BCUT2D eigenvalue weighted by Crippen LogP contribution is 2.36. The molecule has 1 aromatic rings. The Balaban J connectivity index is 2.18. The summed E-state index contributed by atoms with van der Waals surface area (Å²) in [6.07, 6.45) is 4.62. The molecule has 3 heteroatoms. The van der Waals surface area contributed by atoms with Gasteiger partial charge in [0.2, 0.25) is 0 Å². The number of hydrogen-bond donors (Lipinski definition) is 1. The van der Waals surface area contributed by atoms with Crippen LogP contribution < -0.4 is 10.6 Å². The fourth-order valence-electron chi connectivity index (χ4n) is 2.19. The van der Waals surface area contributed by atoms with Gasteiger partial charge in [-0.15, -0.1) is 0 Å². The highest BCUT2D eigenvalue weighted by atomic mass is 15.2. The molecule has 0 bridgehead atoms. The zero-order valence-corrected chi connectivity index (χ0v) is 10.4. The molecule has 1 fully saturated rings. The zero-order chi connectivity index (χ0) is 11.7. The van der Waals surface area contributed by atoms with Crippen molar-refractivity contribution in [2.75, 3.05) is 11.9 Å². The van der Waals surface area contributed by atoms with E-state index in [9.17, 15) is 0 Å². The second-order valence-electron chi connectivity index (χ2n) is 4.88. The van der Waals surface area contributed by atoms with Crippen LogP contribution in [0.3, 0.4) is 0 Å². The van der Waals surface area contributed by atoms with Crippen LogP contribution in [0.1, 0.15) is 30.9 Å². The summed E-state index contributed by atoms with van der Waals surface area (Å²) in [6, 6.07) is 2.73. The molecule has 0 aliphatic heterocycles. The van der Waals surface area contributed by atoms with E-state index in [1.54, 1.807) is 0 Å². The third-order valence-corrected chi connectivity index (χ3v) is 3.59. The molecule has 1 atom stereocenters. The van der Waals surface area contributed by atoms with E-state index in [-0.39, 0.29) is 0 Å². The number of nitrogens with zero attached hydrogens (tertiary/aromatic N) is 2. The second kappa shape index (κ2) is 4.42. The number of hydrogen-bond acceptors (Lipinski definition) is 3. The molecule has 1 aromatic heterocycles. The molecule has 88 valence electrons. The lowest BCUT2D eigenvalue weighted by Gasteiger charge is -2.27. The Labute approximate surface area is 97.7 Å². The van der Waals surface area contributed by atoms with Crippen molar-refractivity contribution in [1.82, 2.24) is 4.98 Å². The molecule has 1 aliphatic rings. The first-order valence-electron chi connectivity index (χ1n) is 6.02. The molecule has 16 heavy (non-hydrogen) atoms. The van der Waals surface area contributed by atoms with Gasteiger partial charge in [0.05, 0.1) is 0 Å². The van der Waals surface area contributed by atoms with E-state index in [0.29, 0.717) is 12.6 Å². The lowest BCUT2D eigenvalue weighted by molar-refractivity contribution is 0.602. The largest absolute Gasteiger partial charge is 0.356 e. The SMILES string of the molecule is Cc1cc(CN)cnc1N(C)C(C)C1CC1. The lowest BCUT2D eigenvalue weighted by Crippen LogP contribution is -2.31. The maximum Gasteiger partial charge on any atom is 0.131 e. The van der Waals surface area contributed by atoms with Gasteiger partial charge in [-0.25, -0.2) is 4.98 Å². The lowest BCUT2D eigenvalue weighted by atomic mass is 10.1. The summed E-state index contributed by atoms with van der Waals surface area (Å²) < 4.78 is 0. The van der Waals surface area contributed by atoms with Crippen molar-refractivity contribution in [3.05, 3.63) is 23.4 Å². The van der Waals surface area contributed by atoms with Crippen LogP contribution in [0.4, 0.5) is 5.82 Å². The van der Waals surface area contributed by atoms with E-state index in [1.165, 1.54) is 18.4 Å². The van der Waals surface area contributed by atoms with Gasteiger partial charge < -0.3 is 10.6 Å². The van der Waals surface area contributed by atoms with Crippen LogP contribution in [0.5, 0.6) is 0 Å². The maximum atomic E-state index is 5.61. The van der Waals surface area contributed by atoms with Gasteiger partial charge in [0.25, 0.3) is 0 Å². The Kier molecular flexibility index (Phi) is 3.15. The number of pyridine rings is 1. The molecule has 0 spiro atoms. The fourth-order valence-corrected chi connectivity index (χ4v) is 2.19. The first-order chi connectivity index (χ1) is 7.63. The molecule has 2 rings (SSSR count). The van der Waals surface area contributed by atoms with Gasteiger partial charge in [0, 0.05) is 25.8 Å². The highest BCUT2D eigenvalue weighted by Gasteiger charge is 2.31. The Bertz CT molecular complexity index is 371. The zero-order valence-electron chi connectivity index (χ0n) is 10.4. The van der Waals surface area contributed by atoms with E-state index in [2.05, 4.69) is 36.8 Å². The minimum Gasteiger partial charge on any atom is -0.356 e. The minimum absolute atomic E-state index is 0.565. The molecule has 1 saturated carbocycles. The Morgan fingerprint density at radius 1 is 1.56 bits per heavy atom. The number of aryl methyl sites for hydroxylation is 1. The minimum atomic E-state index is 0.565. The van der Waals surface area contributed by atoms with Gasteiger partial charge in [-0.1, -0.05) is 0 Å². The molecule has 0 saturated heterocycles. The summed E-state index contributed by atoms with van der Waals surface area (Å²) in [5.74, 6) is 1.96. The van der Waals surface area contributed by atoms with Crippen LogP contribution in [0, 0.1) is 12.8 Å². The van der Waals surface area contributed by atoms with Crippen LogP contribution in [-0.2, 0) is 6.54 Å². The standard InChI is InChI=1S/C13H21N3/c1-9-6-11(7-14)8-15-13(9)16(3)10(2)12-4-5-12/h6,8,10,12H,4-5,7,14H2,1-3H3.